The van der Waals surface area contributed by atoms with Gasteiger partial charge in [0.1, 0.15) is 11.5 Å². The Bertz CT molecular complexity index is 460. The number of aliphatic hydroxyl groups is 1. The second-order valence-corrected chi connectivity index (χ2v) is 4.27. The van der Waals surface area contributed by atoms with E-state index in [2.05, 4.69) is 4.98 Å². The predicted octanol–water partition coefficient (Wildman–Crippen LogP) is 0.0596. The second-order valence-electron chi connectivity index (χ2n) is 4.27. The molecule has 6 heteroatoms. The summed E-state index contributed by atoms with van der Waals surface area (Å²) < 4.78 is 7.26. The van der Waals surface area contributed by atoms with E-state index in [9.17, 15) is 4.79 Å². The number of hydrogen-bond donors (Lipinski definition) is 2. The van der Waals surface area contributed by atoms with E-state index in [0.717, 1.165) is 6.42 Å². The van der Waals surface area contributed by atoms with Gasteiger partial charge in [0.25, 0.3) is 0 Å². The maximum atomic E-state index is 11.8. The van der Waals surface area contributed by atoms with Crippen molar-refractivity contribution in [2.45, 2.75) is 38.0 Å². The topological polar surface area (TPSA) is 90.4 Å². The molecule has 0 bridgehead atoms. The number of ether oxygens (including phenoxy) is 1. The molecule has 3 N–H and O–H groups in total. The highest BCUT2D eigenvalue weighted by atomic mass is 16.5. The molecule has 1 saturated heterocycles. The maximum Gasteiger partial charge on any atom is 0.351 e. The second kappa shape index (κ2) is 4.46. The van der Waals surface area contributed by atoms with E-state index in [1.807, 2.05) is 6.92 Å². The molecule has 0 saturated carbocycles. The summed E-state index contributed by atoms with van der Waals surface area (Å²) in [5, 5.41) is 9.11. The van der Waals surface area contributed by atoms with Crippen molar-refractivity contribution in [3.63, 3.8) is 0 Å². The maximum absolute atomic E-state index is 11.8. The van der Waals surface area contributed by atoms with Crippen molar-refractivity contribution >= 4 is 5.82 Å². The van der Waals surface area contributed by atoms with E-state index in [0.29, 0.717) is 12.8 Å². The Kier molecular flexibility index (Phi) is 3.17. The largest absolute Gasteiger partial charge is 0.394 e. The summed E-state index contributed by atoms with van der Waals surface area (Å²) in [5.74, 6) is 0.203. The first kappa shape index (κ1) is 12.1. The molecule has 2 atom stereocenters. The Morgan fingerprint density at radius 2 is 2.53 bits per heavy atom. The van der Waals surface area contributed by atoms with E-state index in [1.165, 1.54) is 4.57 Å². The van der Waals surface area contributed by atoms with Gasteiger partial charge in [-0.1, -0.05) is 6.92 Å². The van der Waals surface area contributed by atoms with Gasteiger partial charge in [-0.25, -0.2) is 4.79 Å². The van der Waals surface area contributed by atoms with Crippen LogP contribution in [0.2, 0.25) is 0 Å². The van der Waals surface area contributed by atoms with Gasteiger partial charge >= 0.3 is 5.69 Å². The first-order valence-electron chi connectivity index (χ1n) is 5.75. The van der Waals surface area contributed by atoms with Gasteiger partial charge in [-0.15, -0.1) is 0 Å². The van der Waals surface area contributed by atoms with Crippen LogP contribution in [-0.2, 0) is 10.5 Å². The molecule has 1 aromatic heterocycles. The van der Waals surface area contributed by atoms with E-state index < -0.39 is 11.4 Å². The van der Waals surface area contributed by atoms with Crippen molar-refractivity contribution < 1.29 is 9.84 Å². The third-order valence-corrected chi connectivity index (χ3v) is 3.26. The molecule has 0 radical (unpaired) electrons. The van der Waals surface area contributed by atoms with Crippen LogP contribution in [0.3, 0.4) is 0 Å². The molecule has 0 aromatic carbocycles. The van der Waals surface area contributed by atoms with Gasteiger partial charge in [0, 0.05) is 6.20 Å². The quantitative estimate of drug-likeness (QED) is 0.778. The first-order valence-corrected chi connectivity index (χ1v) is 5.75. The lowest BCUT2D eigenvalue weighted by molar-refractivity contribution is -0.115. The van der Waals surface area contributed by atoms with Gasteiger partial charge in [0.2, 0.25) is 0 Å². The van der Waals surface area contributed by atoms with Gasteiger partial charge in [0.05, 0.1) is 12.7 Å². The van der Waals surface area contributed by atoms with Crippen LogP contribution in [0.1, 0.15) is 26.2 Å². The molecule has 1 aliphatic rings. The van der Waals surface area contributed by atoms with E-state index in [1.54, 1.807) is 12.3 Å². The molecule has 0 amide bonds. The Hall–Kier alpha value is -1.40. The van der Waals surface area contributed by atoms with Gasteiger partial charge in [-0.2, -0.15) is 4.98 Å². The molecule has 0 spiro atoms. The predicted molar refractivity (Wildman–Crippen MR) is 62.4 cm³/mol. The molecular weight excluding hydrogens is 222 g/mol. The minimum Gasteiger partial charge on any atom is -0.394 e. The summed E-state index contributed by atoms with van der Waals surface area (Å²) in [6.07, 6.45) is 3.48. The zero-order valence-electron chi connectivity index (χ0n) is 9.80. The van der Waals surface area contributed by atoms with Crippen molar-refractivity contribution in [2.24, 2.45) is 0 Å². The summed E-state index contributed by atoms with van der Waals surface area (Å²) in [5.41, 5.74) is 4.36. The highest BCUT2D eigenvalue weighted by molar-refractivity contribution is 5.23. The van der Waals surface area contributed by atoms with Crippen LogP contribution in [0.5, 0.6) is 0 Å². The van der Waals surface area contributed by atoms with Crippen LogP contribution < -0.4 is 11.4 Å². The van der Waals surface area contributed by atoms with Crippen LogP contribution in [-0.4, -0.2) is 27.4 Å². The number of anilines is 1. The van der Waals surface area contributed by atoms with Gasteiger partial charge in [0.15, 0.2) is 0 Å². The summed E-state index contributed by atoms with van der Waals surface area (Å²) in [7, 11) is 0. The zero-order chi connectivity index (χ0) is 12.5. The fourth-order valence-electron chi connectivity index (χ4n) is 2.28. The van der Waals surface area contributed by atoms with Crippen molar-refractivity contribution in [2.75, 3.05) is 12.3 Å². The molecule has 0 aliphatic carbocycles. The van der Waals surface area contributed by atoms with Crippen LogP contribution in [0, 0.1) is 0 Å². The lowest BCUT2D eigenvalue weighted by Gasteiger charge is -2.30. The third kappa shape index (κ3) is 2.05. The van der Waals surface area contributed by atoms with Gasteiger partial charge in [-0.05, 0) is 25.3 Å². The Morgan fingerprint density at radius 1 is 1.76 bits per heavy atom. The van der Waals surface area contributed by atoms with Crippen LogP contribution in [0.15, 0.2) is 17.1 Å². The average molecular weight is 239 g/mol. The summed E-state index contributed by atoms with van der Waals surface area (Å²) in [6.45, 7) is 1.92. The smallest absolute Gasteiger partial charge is 0.351 e. The number of nitrogens with two attached hydrogens (primary N) is 1. The van der Waals surface area contributed by atoms with Gasteiger partial charge < -0.3 is 15.6 Å². The Morgan fingerprint density at radius 3 is 3.06 bits per heavy atom. The third-order valence-electron chi connectivity index (χ3n) is 3.26. The fourth-order valence-corrected chi connectivity index (χ4v) is 2.28. The standard InChI is InChI=1S/C11H17N3O3/c1-2-11(5-3-8(7-15)17-11)14-6-4-9(12)13-10(14)16/h4,6,8,15H,2-3,5,7H2,1H3,(H2,12,13,16)/t8-,11+/m0/s1. The Balaban J connectivity index is 2.39. The van der Waals surface area contributed by atoms with Crippen LogP contribution >= 0.6 is 0 Å². The summed E-state index contributed by atoms with van der Waals surface area (Å²) >= 11 is 0. The molecule has 1 aromatic rings. The highest BCUT2D eigenvalue weighted by Gasteiger charge is 2.40. The van der Waals surface area contributed by atoms with Crippen molar-refractivity contribution in [3.8, 4) is 0 Å². The molecule has 94 valence electrons. The summed E-state index contributed by atoms with van der Waals surface area (Å²) in [6, 6.07) is 1.58. The molecule has 6 nitrogen and oxygen atoms in total. The van der Waals surface area contributed by atoms with Crippen molar-refractivity contribution in [1.29, 1.82) is 0 Å². The normalized spacial score (nSPS) is 28.5. The molecule has 2 heterocycles. The number of nitrogens with zero attached hydrogens (tertiary/aromatic N) is 2. The van der Waals surface area contributed by atoms with Crippen LogP contribution in [0.25, 0.3) is 0 Å². The van der Waals surface area contributed by atoms with Crippen molar-refractivity contribution in [1.82, 2.24) is 9.55 Å². The summed E-state index contributed by atoms with van der Waals surface area (Å²) in [4.78, 5) is 15.5. The number of aromatic nitrogens is 2. The zero-order valence-corrected chi connectivity index (χ0v) is 9.80. The van der Waals surface area contributed by atoms with E-state index in [4.69, 9.17) is 15.6 Å². The lowest BCUT2D eigenvalue weighted by atomic mass is 10.1. The molecule has 2 rings (SSSR count). The highest BCUT2D eigenvalue weighted by Crippen LogP contribution is 2.36. The molecule has 1 fully saturated rings. The molecular formula is C11H17N3O3. The monoisotopic (exact) mass is 239 g/mol. The fraction of sp³-hybridized carbons (Fsp3) is 0.636. The van der Waals surface area contributed by atoms with Crippen molar-refractivity contribution in [3.05, 3.63) is 22.7 Å². The number of rotatable bonds is 3. The van der Waals surface area contributed by atoms with E-state index in [-0.39, 0.29) is 18.5 Å². The molecule has 1 aliphatic heterocycles. The number of nitrogen functional groups attached to an aromatic ring is 1. The molecule has 17 heavy (non-hydrogen) atoms. The molecule has 0 unspecified atom stereocenters. The lowest BCUT2D eigenvalue weighted by Crippen LogP contribution is -2.42. The first-order chi connectivity index (χ1) is 8.11. The Labute approximate surface area is 99.0 Å². The number of aliphatic hydroxyl groups excluding tert-OH is 1. The SMILES string of the molecule is CC[C@]1(n2ccc(N)nc2=O)CC[C@@H](CO)O1. The van der Waals surface area contributed by atoms with Crippen LogP contribution in [0.4, 0.5) is 5.82 Å². The minimum absolute atomic E-state index is 0.0289. The minimum atomic E-state index is -0.689. The van der Waals surface area contributed by atoms with E-state index >= 15 is 0 Å². The number of hydrogen-bond acceptors (Lipinski definition) is 5. The average Bonchev–Trinajstić information content (AvgIpc) is 2.74. The van der Waals surface area contributed by atoms with Gasteiger partial charge in [-0.3, -0.25) is 4.57 Å².